The molecular weight excluding hydrogens is 339 g/mol. The highest BCUT2D eigenvalue weighted by Gasteiger charge is 2.48. The maximum atomic E-state index is 13.1. The van der Waals surface area contributed by atoms with Crippen molar-refractivity contribution in [3.8, 4) is 5.75 Å². The number of hydrogen-bond donors (Lipinski definition) is 1. The predicted molar refractivity (Wildman–Crippen MR) is 80.2 cm³/mol. The molecule has 0 spiro atoms. The Morgan fingerprint density at radius 2 is 1.92 bits per heavy atom. The number of benzene rings is 1. The van der Waals surface area contributed by atoms with Crippen molar-refractivity contribution in [1.82, 2.24) is 4.98 Å². The van der Waals surface area contributed by atoms with E-state index in [1.54, 1.807) is 6.07 Å². The standard InChI is InChI=1S/C17H10F3NO4/c18-17(19,20)15-12(16(23)24)6-9-3-4-10(7-13(9)25-15)14(22)11-2-1-5-21-8-11/h1-8,15H,(H,23,24). The molecular formula is C17H10F3NO4. The van der Waals surface area contributed by atoms with E-state index in [0.717, 1.165) is 6.08 Å². The molecule has 1 atom stereocenters. The van der Waals surface area contributed by atoms with Gasteiger partial charge in [0.2, 0.25) is 6.10 Å². The van der Waals surface area contributed by atoms with Gasteiger partial charge in [-0.2, -0.15) is 13.2 Å². The number of carboxylic acid groups (broad SMARTS) is 1. The zero-order chi connectivity index (χ0) is 18.2. The molecule has 128 valence electrons. The van der Waals surface area contributed by atoms with E-state index in [9.17, 15) is 22.8 Å². The third-order valence-electron chi connectivity index (χ3n) is 3.58. The number of carboxylic acids is 1. The maximum Gasteiger partial charge on any atom is 0.430 e. The number of aromatic nitrogens is 1. The number of alkyl halides is 3. The van der Waals surface area contributed by atoms with Gasteiger partial charge >= 0.3 is 12.1 Å². The Hall–Kier alpha value is -3.16. The summed E-state index contributed by atoms with van der Waals surface area (Å²) in [5.74, 6) is -2.36. The molecule has 1 aromatic heterocycles. The summed E-state index contributed by atoms with van der Waals surface area (Å²) in [4.78, 5) is 27.2. The molecule has 1 aromatic carbocycles. The highest BCUT2D eigenvalue weighted by molar-refractivity contribution is 6.09. The second-order valence-corrected chi connectivity index (χ2v) is 5.27. The highest BCUT2D eigenvalue weighted by Crippen LogP contribution is 2.37. The molecule has 2 aromatic rings. The Bertz CT molecular complexity index is 875. The van der Waals surface area contributed by atoms with E-state index in [2.05, 4.69) is 4.98 Å². The van der Waals surface area contributed by atoms with E-state index in [0.29, 0.717) is 0 Å². The number of pyridine rings is 1. The van der Waals surface area contributed by atoms with Gasteiger partial charge in [0, 0.05) is 29.1 Å². The van der Waals surface area contributed by atoms with Crippen molar-refractivity contribution >= 4 is 17.8 Å². The lowest BCUT2D eigenvalue weighted by Crippen LogP contribution is -2.40. The van der Waals surface area contributed by atoms with Crippen LogP contribution in [0.25, 0.3) is 6.08 Å². The van der Waals surface area contributed by atoms with Crippen LogP contribution < -0.4 is 4.74 Å². The zero-order valence-electron chi connectivity index (χ0n) is 12.4. The van der Waals surface area contributed by atoms with Crippen molar-refractivity contribution in [1.29, 1.82) is 0 Å². The number of ketones is 1. The largest absolute Gasteiger partial charge is 0.478 e. The summed E-state index contributed by atoms with van der Waals surface area (Å²) in [6.45, 7) is 0. The van der Waals surface area contributed by atoms with Gasteiger partial charge in [-0.1, -0.05) is 12.1 Å². The molecule has 25 heavy (non-hydrogen) atoms. The molecule has 0 fully saturated rings. The van der Waals surface area contributed by atoms with E-state index in [1.165, 1.54) is 36.7 Å². The Kier molecular flexibility index (Phi) is 4.03. The monoisotopic (exact) mass is 349 g/mol. The lowest BCUT2D eigenvalue weighted by molar-refractivity contribution is -0.187. The van der Waals surface area contributed by atoms with Crippen LogP contribution in [0.3, 0.4) is 0 Å². The van der Waals surface area contributed by atoms with Gasteiger partial charge in [0.25, 0.3) is 0 Å². The molecule has 0 aliphatic carbocycles. The maximum absolute atomic E-state index is 13.1. The van der Waals surface area contributed by atoms with Gasteiger partial charge < -0.3 is 9.84 Å². The van der Waals surface area contributed by atoms with Gasteiger partial charge in [0.1, 0.15) is 5.75 Å². The first-order valence-electron chi connectivity index (χ1n) is 7.04. The minimum absolute atomic E-state index is 0.111. The van der Waals surface area contributed by atoms with Crippen LogP contribution in [0.1, 0.15) is 21.5 Å². The number of carbonyl (C=O) groups is 2. The van der Waals surface area contributed by atoms with Crippen LogP contribution in [0.5, 0.6) is 5.75 Å². The van der Waals surface area contributed by atoms with Crippen LogP contribution in [0.15, 0.2) is 48.3 Å². The van der Waals surface area contributed by atoms with E-state index in [1.807, 2.05) is 0 Å². The predicted octanol–water partition coefficient (Wildman–Crippen LogP) is 3.10. The first kappa shape index (κ1) is 16.7. The number of hydrogen-bond acceptors (Lipinski definition) is 4. The summed E-state index contributed by atoms with van der Waals surface area (Å²) < 4.78 is 44.1. The Morgan fingerprint density at radius 1 is 1.16 bits per heavy atom. The van der Waals surface area contributed by atoms with Gasteiger partial charge in [-0.3, -0.25) is 9.78 Å². The second kappa shape index (κ2) is 6.04. The van der Waals surface area contributed by atoms with Crippen molar-refractivity contribution in [3.05, 3.63) is 65.0 Å². The fourth-order valence-corrected chi connectivity index (χ4v) is 2.41. The minimum Gasteiger partial charge on any atom is -0.478 e. The van der Waals surface area contributed by atoms with Crippen molar-refractivity contribution in [3.63, 3.8) is 0 Å². The lowest BCUT2D eigenvalue weighted by atomic mass is 9.97. The summed E-state index contributed by atoms with van der Waals surface area (Å²) in [6.07, 6.45) is -3.77. The third-order valence-corrected chi connectivity index (χ3v) is 3.58. The Balaban J connectivity index is 2.02. The minimum atomic E-state index is -4.90. The van der Waals surface area contributed by atoms with Gasteiger partial charge in [0.15, 0.2) is 5.78 Å². The van der Waals surface area contributed by atoms with E-state index < -0.39 is 29.6 Å². The summed E-state index contributed by atoms with van der Waals surface area (Å²) >= 11 is 0. The number of halogens is 3. The van der Waals surface area contributed by atoms with Gasteiger partial charge in [-0.15, -0.1) is 0 Å². The second-order valence-electron chi connectivity index (χ2n) is 5.27. The summed E-state index contributed by atoms with van der Waals surface area (Å²) in [7, 11) is 0. The summed E-state index contributed by atoms with van der Waals surface area (Å²) in [6, 6.07) is 6.98. The van der Waals surface area contributed by atoms with Gasteiger partial charge in [-0.05, 0) is 24.3 Å². The fraction of sp³-hybridized carbons (Fsp3) is 0.118. The quantitative estimate of drug-likeness (QED) is 0.862. The smallest absolute Gasteiger partial charge is 0.430 e. The number of rotatable bonds is 3. The molecule has 1 aliphatic heterocycles. The number of ether oxygens (including phenoxy) is 1. The van der Waals surface area contributed by atoms with Crippen LogP contribution in [0.4, 0.5) is 13.2 Å². The molecule has 1 N–H and O–H groups in total. The molecule has 2 heterocycles. The molecule has 0 bridgehead atoms. The van der Waals surface area contributed by atoms with E-state index in [-0.39, 0.29) is 22.4 Å². The molecule has 0 radical (unpaired) electrons. The van der Waals surface area contributed by atoms with Crippen molar-refractivity contribution < 1.29 is 32.6 Å². The van der Waals surface area contributed by atoms with Crippen molar-refractivity contribution in [2.24, 2.45) is 0 Å². The SMILES string of the molecule is O=C(O)C1=Cc2ccc(C(=O)c3cccnc3)cc2OC1C(F)(F)F. The molecule has 3 rings (SSSR count). The molecule has 0 saturated heterocycles. The van der Waals surface area contributed by atoms with E-state index >= 15 is 0 Å². The Labute approximate surface area is 139 Å². The molecule has 8 heteroatoms. The number of fused-ring (bicyclic) bond motifs is 1. The van der Waals surface area contributed by atoms with Crippen LogP contribution in [-0.4, -0.2) is 34.1 Å². The topological polar surface area (TPSA) is 76.5 Å². The molecule has 5 nitrogen and oxygen atoms in total. The van der Waals surface area contributed by atoms with E-state index in [4.69, 9.17) is 9.84 Å². The zero-order valence-corrected chi connectivity index (χ0v) is 12.4. The molecule has 0 saturated carbocycles. The van der Waals surface area contributed by atoms with Gasteiger partial charge in [0.05, 0.1) is 5.57 Å². The first-order valence-corrected chi connectivity index (χ1v) is 7.04. The number of nitrogens with zero attached hydrogens (tertiary/aromatic N) is 1. The normalized spacial score (nSPS) is 16.4. The van der Waals surface area contributed by atoms with Crippen molar-refractivity contribution in [2.45, 2.75) is 12.3 Å². The molecule has 1 unspecified atom stereocenters. The average molecular weight is 349 g/mol. The summed E-state index contributed by atoms with van der Waals surface area (Å²) in [5.41, 5.74) is -0.376. The van der Waals surface area contributed by atoms with Crippen LogP contribution in [0.2, 0.25) is 0 Å². The number of carbonyl (C=O) groups excluding carboxylic acids is 1. The van der Waals surface area contributed by atoms with Crippen LogP contribution in [-0.2, 0) is 4.79 Å². The highest BCUT2D eigenvalue weighted by atomic mass is 19.4. The Morgan fingerprint density at radius 3 is 2.52 bits per heavy atom. The fourth-order valence-electron chi connectivity index (χ4n) is 2.41. The van der Waals surface area contributed by atoms with Gasteiger partial charge in [-0.25, -0.2) is 4.79 Å². The van der Waals surface area contributed by atoms with Crippen LogP contribution in [0, 0.1) is 0 Å². The summed E-state index contributed by atoms with van der Waals surface area (Å²) in [5, 5.41) is 8.98. The average Bonchev–Trinajstić information content (AvgIpc) is 2.59. The third kappa shape index (κ3) is 3.23. The molecule has 0 amide bonds. The number of aliphatic carboxylic acids is 1. The first-order chi connectivity index (χ1) is 11.8. The lowest BCUT2D eigenvalue weighted by Gasteiger charge is -2.27. The van der Waals surface area contributed by atoms with Crippen molar-refractivity contribution in [2.75, 3.05) is 0 Å². The molecule has 1 aliphatic rings. The van der Waals surface area contributed by atoms with Crippen LogP contribution >= 0.6 is 0 Å².